The Morgan fingerprint density at radius 2 is 1.84 bits per heavy atom. The topological polar surface area (TPSA) is 77.0 Å². The minimum Gasteiger partial charge on any atom is -0.465 e. The van der Waals surface area contributed by atoms with E-state index in [1.54, 1.807) is 20.2 Å². The van der Waals surface area contributed by atoms with Gasteiger partial charge < -0.3 is 14.3 Å². The number of H-pyrrole nitrogens is 1. The van der Waals surface area contributed by atoms with Crippen LogP contribution >= 0.6 is 0 Å². The van der Waals surface area contributed by atoms with Gasteiger partial charge in [-0.25, -0.2) is 9.78 Å². The molecule has 0 radical (unpaired) electrons. The van der Waals surface area contributed by atoms with Crippen LogP contribution in [0.1, 0.15) is 43.2 Å². The molecular weight excluding hydrogens is 318 g/mol. The summed E-state index contributed by atoms with van der Waals surface area (Å²) >= 11 is 0. The van der Waals surface area contributed by atoms with Gasteiger partial charge >= 0.3 is 5.97 Å². The molecular formula is C19H21N3O3. The van der Waals surface area contributed by atoms with E-state index in [9.17, 15) is 9.59 Å². The molecule has 3 rings (SSSR count). The third kappa shape index (κ3) is 2.84. The largest absolute Gasteiger partial charge is 0.465 e. The van der Waals surface area contributed by atoms with Crippen molar-refractivity contribution in [3.05, 3.63) is 52.1 Å². The number of aryl methyl sites for hydroxylation is 3. The molecule has 0 unspecified atom stereocenters. The van der Waals surface area contributed by atoms with Crippen molar-refractivity contribution in [2.24, 2.45) is 0 Å². The lowest BCUT2D eigenvalue weighted by Gasteiger charge is -2.06. The lowest BCUT2D eigenvalue weighted by atomic mass is 10.1. The van der Waals surface area contributed by atoms with Crippen molar-refractivity contribution >= 4 is 22.8 Å². The first-order chi connectivity index (χ1) is 11.8. The van der Waals surface area contributed by atoms with Gasteiger partial charge in [-0.3, -0.25) is 4.79 Å². The van der Waals surface area contributed by atoms with Crippen LogP contribution in [-0.2, 0) is 11.3 Å². The summed E-state index contributed by atoms with van der Waals surface area (Å²) in [5, 5.41) is 0. The Balaban J connectivity index is 1.96. The van der Waals surface area contributed by atoms with Crippen LogP contribution in [-0.4, -0.2) is 33.4 Å². The van der Waals surface area contributed by atoms with Gasteiger partial charge in [0.25, 0.3) is 0 Å². The Labute approximate surface area is 145 Å². The molecule has 1 aromatic carbocycles. The zero-order valence-corrected chi connectivity index (χ0v) is 15.1. The molecule has 1 N–H and O–H groups in total. The number of benzene rings is 1. The van der Waals surface area contributed by atoms with Crippen molar-refractivity contribution in [1.82, 2.24) is 14.5 Å². The maximum Gasteiger partial charge on any atom is 0.339 e. The molecule has 0 saturated carbocycles. The van der Waals surface area contributed by atoms with Gasteiger partial charge in [0, 0.05) is 5.69 Å². The highest BCUT2D eigenvalue weighted by atomic mass is 16.5. The Kier molecular flexibility index (Phi) is 4.20. The van der Waals surface area contributed by atoms with Crippen molar-refractivity contribution in [2.45, 2.75) is 34.2 Å². The third-order valence-electron chi connectivity index (χ3n) is 4.66. The summed E-state index contributed by atoms with van der Waals surface area (Å²) in [5.41, 5.74) is 6.22. The summed E-state index contributed by atoms with van der Waals surface area (Å²) in [7, 11) is 1.33. The average Bonchev–Trinajstić information content (AvgIpc) is 3.08. The van der Waals surface area contributed by atoms with Gasteiger partial charge in [-0.2, -0.15) is 0 Å². The van der Waals surface area contributed by atoms with E-state index in [2.05, 4.69) is 9.97 Å². The predicted molar refractivity (Wildman–Crippen MR) is 95.1 cm³/mol. The number of aromatic amines is 1. The van der Waals surface area contributed by atoms with Crippen LogP contribution in [0.15, 0.2) is 18.5 Å². The second-order valence-electron chi connectivity index (χ2n) is 6.34. The van der Waals surface area contributed by atoms with Gasteiger partial charge in [0.1, 0.15) is 0 Å². The van der Waals surface area contributed by atoms with Gasteiger partial charge in [0.15, 0.2) is 5.78 Å². The van der Waals surface area contributed by atoms with E-state index in [4.69, 9.17) is 4.74 Å². The van der Waals surface area contributed by atoms with Crippen molar-refractivity contribution in [3.63, 3.8) is 0 Å². The minimum absolute atomic E-state index is 0.103. The molecule has 0 atom stereocenters. The summed E-state index contributed by atoms with van der Waals surface area (Å²) in [4.78, 5) is 32.1. The number of carbonyl (C=O) groups excluding carboxylic acids is 2. The molecule has 2 heterocycles. The highest BCUT2D eigenvalue weighted by Gasteiger charge is 2.22. The van der Waals surface area contributed by atoms with E-state index in [-0.39, 0.29) is 12.3 Å². The number of hydrogen-bond acceptors (Lipinski definition) is 4. The maximum atomic E-state index is 12.8. The zero-order chi connectivity index (χ0) is 18.3. The van der Waals surface area contributed by atoms with Crippen LogP contribution in [0.3, 0.4) is 0 Å². The van der Waals surface area contributed by atoms with Crippen molar-refractivity contribution < 1.29 is 14.3 Å². The van der Waals surface area contributed by atoms with Crippen LogP contribution in [0, 0.1) is 27.7 Å². The number of carbonyl (C=O) groups is 2. The first-order valence-electron chi connectivity index (χ1n) is 8.06. The number of rotatable bonds is 4. The van der Waals surface area contributed by atoms with Gasteiger partial charge in [0.05, 0.1) is 42.3 Å². The molecule has 6 nitrogen and oxygen atoms in total. The number of nitrogens with zero attached hydrogens (tertiary/aromatic N) is 2. The first kappa shape index (κ1) is 17.0. The lowest BCUT2D eigenvalue weighted by Crippen LogP contribution is -2.12. The molecule has 6 heteroatoms. The number of methoxy groups -OCH3 is 1. The first-order valence-corrected chi connectivity index (χ1v) is 8.06. The highest BCUT2D eigenvalue weighted by molar-refractivity contribution is 6.01. The van der Waals surface area contributed by atoms with Crippen LogP contribution in [0.25, 0.3) is 11.0 Å². The summed E-state index contributed by atoms with van der Waals surface area (Å²) in [6, 6.07) is 4.06. The second-order valence-corrected chi connectivity index (χ2v) is 6.34. The van der Waals surface area contributed by atoms with E-state index in [1.807, 2.05) is 30.5 Å². The Bertz CT molecular complexity index is 995. The van der Waals surface area contributed by atoms with E-state index < -0.39 is 5.97 Å². The van der Waals surface area contributed by atoms with E-state index in [0.29, 0.717) is 22.5 Å². The fourth-order valence-corrected chi connectivity index (χ4v) is 3.11. The summed E-state index contributed by atoms with van der Waals surface area (Å²) in [5.74, 6) is -0.544. The van der Waals surface area contributed by atoms with Crippen molar-refractivity contribution in [1.29, 1.82) is 0 Å². The van der Waals surface area contributed by atoms with Gasteiger partial charge in [-0.05, 0) is 56.5 Å². The normalized spacial score (nSPS) is 11.1. The molecule has 0 bridgehead atoms. The van der Waals surface area contributed by atoms with Crippen molar-refractivity contribution in [2.75, 3.05) is 7.11 Å². The number of ketones is 1. The molecule has 130 valence electrons. The van der Waals surface area contributed by atoms with E-state index in [1.165, 1.54) is 12.7 Å². The van der Waals surface area contributed by atoms with Gasteiger partial charge in [-0.1, -0.05) is 0 Å². The molecule has 0 aliphatic heterocycles. The number of imidazole rings is 1. The van der Waals surface area contributed by atoms with Crippen LogP contribution in [0.2, 0.25) is 0 Å². The van der Waals surface area contributed by atoms with Gasteiger partial charge in [-0.15, -0.1) is 0 Å². The van der Waals surface area contributed by atoms with E-state index in [0.717, 1.165) is 16.6 Å². The number of aromatic nitrogens is 3. The number of hydrogen-bond donors (Lipinski definition) is 1. The molecule has 0 spiro atoms. The Hall–Kier alpha value is -2.89. The zero-order valence-electron chi connectivity index (χ0n) is 15.1. The second kappa shape index (κ2) is 6.20. The molecule has 25 heavy (non-hydrogen) atoms. The van der Waals surface area contributed by atoms with Crippen LogP contribution < -0.4 is 0 Å². The average molecular weight is 339 g/mol. The van der Waals surface area contributed by atoms with Gasteiger partial charge in [0.2, 0.25) is 0 Å². The van der Waals surface area contributed by atoms with Crippen LogP contribution in [0.4, 0.5) is 0 Å². The molecule has 0 aliphatic rings. The minimum atomic E-state index is -0.440. The highest BCUT2D eigenvalue weighted by Crippen LogP contribution is 2.22. The number of ether oxygens (including phenoxy) is 1. The Morgan fingerprint density at radius 1 is 1.16 bits per heavy atom. The lowest BCUT2D eigenvalue weighted by molar-refractivity contribution is 0.0599. The molecule has 0 aliphatic carbocycles. The predicted octanol–water partition coefficient (Wildman–Crippen LogP) is 3.27. The van der Waals surface area contributed by atoms with E-state index >= 15 is 0 Å². The fraction of sp³-hybridized carbons (Fsp3) is 0.316. The standard InChI is InChI=1S/C19H21N3O3/c1-10-6-14-15(7-11(10)2)22(9-20-14)8-16(23)18-12(3)17(13(4)21-18)19(24)25-5/h6-7,9,21H,8H2,1-5H3. The smallest absolute Gasteiger partial charge is 0.339 e. The van der Waals surface area contributed by atoms with Crippen LogP contribution in [0.5, 0.6) is 0 Å². The molecule has 0 fully saturated rings. The number of fused-ring (bicyclic) bond motifs is 1. The number of nitrogens with one attached hydrogen (secondary N) is 1. The molecule has 0 amide bonds. The SMILES string of the molecule is COC(=O)c1c(C)[nH]c(C(=O)Cn2cnc3cc(C)c(C)cc32)c1C. The monoisotopic (exact) mass is 339 g/mol. The molecule has 0 saturated heterocycles. The maximum absolute atomic E-state index is 12.8. The number of esters is 1. The fourth-order valence-electron chi connectivity index (χ4n) is 3.11. The summed E-state index contributed by atoms with van der Waals surface area (Å²) < 4.78 is 6.62. The summed E-state index contributed by atoms with van der Waals surface area (Å²) in [6.07, 6.45) is 1.67. The molecule has 2 aromatic heterocycles. The number of Topliss-reactive ketones (excluding diaryl/α,β-unsaturated/α-hetero) is 1. The molecule has 3 aromatic rings. The summed E-state index contributed by atoms with van der Waals surface area (Å²) in [6.45, 7) is 7.74. The quantitative estimate of drug-likeness (QED) is 0.584. The van der Waals surface area contributed by atoms with Crippen molar-refractivity contribution in [3.8, 4) is 0 Å². The Morgan fingerprint density at radius 3 is 2.52 bits per heavy atom. The third-order valence-corrected chi connectivity index (χ3v) is 4.66.